The number of rotatable bonds is 2. The van der Waals surface area contributed by atoms with E-state index in [1.807, 2.05) is 11.0 Å². The van der Waals surface area contributed by atoms with Gasteiger partial charge in [0.1, 0.15) is 0 Å². The molecule has 1 unspecified atom stereocenters. The van der Waals surface area contributed by atoms with Crippen molar-refractivity contribution in [1.82, 2.24) is 4.90 Å². The van der Waals surface area contributed by atoms with Crippen molar-refractivity contribution in [2.45, 2.75) is 32.6 Å². The summed E-state index contributed by atoms with van der Waals surface area (Å²) in [5, 5.41) is 3.39. The van der Waals surface area contributed by atoms with E-state index in [0.29, 0.717) is 23.7 Å². The van der Waals surface area contributed by atoms with E-state index in [1.54, 1.807) is 0 Å². The van der Waals surface area contributed by atoms with Crippen molar-refractivity contribution in [1.29, 1.82) is 0 Å². The highest BCUT2D eigenvalue weighted by atomic mass is 16.2. The first kappa shape index (κ1) is 12.5. The van der Waals surface area contributed by atoms with Crippen molar-refractivity contribution >= 4 is 11.6 Å². The molecular weight excluding hydrogens is 236 g/mol. The van der Waals surface area contributed by atoms with Crippen molar-refractivity contribution < 1.29 is 4.79 Å². The van der Waals surface area contributed by atoms with E-state index in [-0.39, 0.29) is 0 Å². The van der Waals surface area contributed by atoms with Gasteiger partial charge < -0.3 is 10.2 Å². The van der Waals surface area contributed by atoms with Gasteiger partial charge in [-0.2, -0.15) is 0 Å². The number of likely N-dealkylation sites (tertiary alicyclic amines) is 1. The molecule has 0 saturated carbocycles. The fraction of sp³-hybridized carbons (Fsp3) is 0.562. The van der Waals surface area contributed by atoms with Gasteiger partial charge >= 0.3 is 0 Å². The second-order valence-corrected chi connectivity index (χ2v) is 6.60. The summed E-state index contributed by atoms with van der Waals surface area (Å²) in [6.45, 7) is 7.21. The van der Waals surface area contributed by atoms with Gasteiger partial charge in [-0.3, -0.25) is 4.79 Å². The highest BCUT2D eigenvalue weighted by molar-refractivity contribution is 5.78. The summed E-state index contributed by atoms with van der Waals surface area (Å²) in [5.74, 6) is 0.654. The lowest BCUT2D eigenvalue weighted by Gasteiger charge is -2.21. The Hall–Kier alpha value is -1.51. The minimum absolute atomic E-state index is 0.293. The molecule has 102 valence electrons. The van der Waals surface area contributed by atoms with Crippen LogP contribution in [0.2, 0.25) is 0 Å². The first-order chi connectivity index (χ1) is 9.05. The topological polar surface area (TPSA) is 32.3 Å². The fourth-order valence-corrected chi connectivity index (χ4v) is 3.20. The molecule has 3 nitrogen and oxygen atoms in total. The minimum atomic E-state index is 0.293. The van der Waals surface area contributed by atoms with Gasteiger partial charge in [0.2, 0.25) is 5.91 Å². The molecule has 1 atom stereocenters. The molecule has 1 N–H and O–H groups in total. The van der Waals surface area contributed by atoms with Crippen LogP contribution in [-0.2, 0) is 4.79 Å². The van der Waals surface area contributed by atoms with Gasteiger partial charge in [0.25, 0.3) is 0 Å². The molecule has 1 fully saturated rings. The molecule has 3 rings (SSSR count). The minimum Gasteiger partial charge on any atom is -0.384 e. The molecule has 1 aromatic rings. The van der Waals surface area contributed by atoms with Crippen LogP contribution in [0.25, 0.3) is 0 Å². The summed E-state index contributed by atoms with van der Waals surface area (Å²) in [6, 6.07) is 8.33. The maximum atomic E-state index is 12.4. The number of anilines is 1. The lowest BCUT2D eigenvalue weighted by Crippen LogP contribution is -2.31. The van der Waals surface area contributed by atoms with E-state index < -0.39 is 0 Å². The van der Waals surface area contributed by atoms with Crippen molar-refractivity contribution in [3.05, 3.63) is 29.8 Å². The van der Waals surface area contributed by atoms with Gasteiger partial charge in [-0.1, -0.05) is 32.0 Å². The molecule has 0 spiro atoms. The summed E-state index contributed by atoms with van der Waals surface area (Å²) >= 11 is 0. The van der Waals surface area contributed by atoms with E-state index in [0.717, 1.165) is 26.1 Å². The smallest absolute Gasteiger partial charge is 0.223 e. The van der Waals surface area contributed by atoms with Crippen LogP contribution in [0, 0.1) is 5.41 Å². The highest BCUT2D eigenvalue weighted by Gasteiger charge is 2.33. The van der Waals surface area contributed by atoms with Crippen LogP contribution in [0.3, 0.4) is 0 Å². The lowest BCUT2D eigenvalue weighted by atomic mass is 9.93. The Bertz CT molecular complexity index is 495. The maximum absolute atomic E-state index is 12.4. The first-order valence-electron chi connectivity index (χ1n) is 7.16. The Morgan fingerprint density at radius 1 is 1.42 bits per heavy atom. The number of para-hydroxylation sites is 1. The number of benzene rings is 1. The lowest BCUT2D eigenvalue weighted by molar-refractivity contribution is -0.130. The zero-order chi connectivity index (χ0) is 13.5. The van der Waals surface area contributed by atoms with Gasteiger partial charge in [0.05, 0.1) is 0 Å². The van der Waals surface area contributed by atoms with Crippen molar-refractivity contribution in [2.75, 3.05) is 25.0 Å². The molecule has 2 aliphatic rings. The average Bonchev–Trinajstić information content (AvgIpc) is 2.94. The summed E-state index contributed by atoms with van der Waals surface area (Å²) in [5.41, 5.74) is 2.79. The largest absolute Gasteiger partial charge is 0.384 e. The molecule has 1 aromatic carbocycles. The van der Waals surface area contributed by atoms with Gasteiger partial charge in [-0.15, -0.1) is 0 Å². The van der Waals surface area contributed by atoms with Crippen LogP contribution in [0.5, 0.6) is 0 Å². The molecule has 19 heavy (non-hydrogen) atoms. The fourth-order valence-electron chi connectivity index (χ4n) is 3.20. The number of hydrogen-bond donors (Lipinski definition) is 1. The SMILES string of the molecule is CC1(C)CCN(C(=O)CC2CNc3ccccc32)C1. The Kier molecular flexibility index (Phi) is 3.00. The number of fused-ring (bicyclic) bond motifs is 1. The van der Waals surface area contributed by atoms with E-state index in [2.05, 4.69) is 37.4 Å². The number of amides is 1. The van der Waals surface area contributed by atoms with E-state index in [4.69, 9.17) is 0 Å². The van der Waals surface area contributed by atoms with Crippen LogP contribution in [0.1, 0.15) is 38.2 Å². The number of carbonyl (C=O) groups excluding carboxylic acids is 1. The second kappa shape index (κ2) is 4.55. The molecule has 0 aromatic heterocycles. The Morgan fingerprint density at radius 3 is 2.95 bits per heavy atom. The second-order valence-electron chi connectivity index (χ2n) is 6.60. The quantitative estimate of drug-likeness (QED) is 0.884. The van der Waals surface area contributed by atoms with E-state index >= 15 is 0 Å². The standard InChI is InChI=1S/C16H22N2O/c1-16(2)7-8-18(11-16)15(19)9-12-10-17-14-6-4-3-5-13(12)14/h3-6,12,17H,7-11H2,1-2H3. The van der Waals surface area contributed by atoms with Gasteiger partial charge in [0, 0.05) is 37.7 Å². The van der Waals surface area contributed by atoms with Crippen LogP contribution < -0.4 is 5.32 Å². The summed E-state index contributed by atoms with van der Waals surface area (Å²) in [4.78, 5) is 14.4. The molecule has 2 aliphatic heterocycles. The number of nitrogens with zero attached hydrogens (tertiary/aromatic N) is 1. The first-order valence-corrected chi connectivity index (χ1v) is 7.16. The average molecular weight is 258 g/mol. The molecule has 3 heteroatoms. The Labute approximate surface area is 115 Å². The summed E-state index contributed by atoms with van der Waals surface area (Å²) in [6.07, 6.45) is 1.76. The molecule has 1 amide bonds. The van der Waals surface area contributed by atoms with Gasteiger partial charge in [-0.25, -0.2) is 0 Å². The van der Waals surface area contributed by atoms with Crippen molar-refractivity contribution in [3.63, 3.8) is 0 Å². The van der Waals surface area contributed by atoms with Crippen LogP contribution in [0.15, 0.2) is 24.3 Å². The van der Waals surface area contributed by atoms with Crippen molar-refractivity contribution in [2.24, 2.45) is 5.41 Å². The summed E-state index contributed by atoms with van der Waals surface area (Å²) < 4.78 is 0. The zero-order valence-corrected chi connectivity index (χ0v) is 11.8. The van der Waals surface area contributed by atoms with Gasteiger partial charge in [-0.05, 0) is 23.5 Å². The highest BCUT2D eigenvalue weighted by Crippen LogP contribution is 2.35. The Balaban J connectivity index is 1.66. The number of hydrogen-bond acceptors (Lipinski definition) is 2. The third kappa shape index (κ3) is 2.46. The predicted octanol–water partition coefficient (Wildman–Crippen LogP) is 2.84. The van der Waals surface area contributed by atoms with Crippen molar-refractivity contribution in [3.8, 4) is 0 Å². The maximum Gasteiger partial charge on any atom is 0.223 e. The molecule has 2 heterocycles. The third-order valence-corrected chi connectivity index (χ3v) is 4.39. The predicted molar refractivity (Wildman–Crippen MR) is 77.3 cm³/mol. The monoisotopic (exact) mass is 258 g/mol. The number of nitrogens with one attached hydrogen (secondary N) is 1. The molecule has 0 bridgehead atoms. The normalized spacial score (nSPS) is 24.1. The van der Waals surface area contributed by atoms with Crippen LogP contribution >= 0.6 is 0 Å². The molecule has 0 radical (unpaired) electrons. The molecular formula is C16H22N2O. The van der Waals surface area contributed by atoms with Gasteiger partial charge in [0.15, 0.2) is 0 Å². The van der Waals surface area contributed by atoms with Crippen LogP contribution in [-0.4, -0.2) is 30.4 Å². The third-order valence-electron chi connectivity index (χ3n) is 4.39. The number of carbonyl (C=O) groups is 1. The van der Waals surface area contributed by atoms with Crippen LogP contribution in [0.4, 0.5) is 5.69 Å². The zero-order valence-electron chi connectivity index (χ0n) is 11.8. The molecule has 0 aliphatic carbocycles. The van der Waals surface area contributed by atoms with E-state index in [1.165, 1.54) is 11.3 Å². The van der Waals surface area contributed by atoms with E-state index in [9.17, 15) is 4.79 Å². The Morgan fingerprint density at radius 2 is 2.21 bits per heavy atom. The summed E-state index contributed by atoms with van der Waals surface area (Å²) in [7, 11) is 0. The molecule has 1 saturated heterocycles.